The van der Waals surface area contributed by atoms with Crippen molar-refractivity contribution in [2.45, 2.75) is 39.8 Å². The lowest BCUT2D eigenvalue weighted by Crippen LogP contribution is -2.45. The summed E-state index contributed by atoms with van der Waals surface area (Å²) in [5.74, 6) is -3.56. The molecule has 2 heterocycles. The number of esters is 2. The van der Waals surface area contributed by atoms with Gasteiger partial charge in [0, 0.05) is 85.7 Å². The molecular formula is C66H62N2O18Si2. The first-order valence-electron chi connectivity index (χ1n) is 28.1. The van der Waals surface area contributed by atoms with Gasteiger partial charge in [0.1, 0.15) is 59.1 Å². The van der Waals surface area contributed by atoms with Gasteiger partial charge in [-0.1, -0.05) is 70.8 Å². The minimum atomic E-state index is -3.20. The van der Waals surface area contributed by atoms with E-state index >= 15 is 19.2 Å². The summed E-state index contributed by atoms with van der Waals surface area (Å²) >= 11 is 0. The Morgan fingerprint density at radius 1 is 0.341 bits per heavy atom. The smallest absolute Gasteiger partial charge is 0.464 e. The first kappa shape index (κ1) is 60.6. The van der Waals surface area contributed by atoms with Gasteiger partial charge in [-0.2, -0.15) is 0 Å². The van der Waals surface area contributed by atoms with E-state index in [1.165, 1.54) is 66.9 Å². The van der Waals surface area contributed by atoms with Gasteiger partial charge >= 0.3 is 29.5 Å². The Morgan fingerprint density at radius 2 is 0.568 bits per heavy atom. The number of aryl methyl sites for hydroxylation is 4. The predicted molar refractivity (Wildman–Crippen MR) is 328 cm³/mol. The zero-order valence-electron chi connectivity index (χ0n) is 50.0. The predicted octanol–water partition coefficient (Wildman–Crippen LogP) is 12.2. The average molecular weight is 1230 g/mol. The second-order valence-electron chi connectivity index (χ2n) is 21.3. The van der Waals surface area contributed by atoms with E-state index in [1.54, 1.807) is 48.5 Å². The van der Waals surface area contributed by atoms with Crippen molar-refractivity contribution in [1.82, 2.24) is 9.80 Å². The van der Waals surface area contributed by atoms with Crippen molar-refractivity contribution in [2.75, 3.05) is 69.0 Å². The summed E-state index contributed by atoms with van der Waals surface area (Å²) in [5, 5.41) is 1.94. The van der Waals surface area contributed by atoms with Crippen LogP contribution >= 0.6 is 0 Å². The van der Waals surface area contributed by atoms with Gasteiger partial charge in [0.05, 0.1) is 47.6 Å². The van der Waals surface area contributed by atoms with Crippen LogP contribution < -0.4 is 18.9 Å². The monoisotopic (exact) mass is 1230 g/mol. The molecular weight excluding hydrogens is 1160 g/mol. The third kappa shape index (κ3) is 11.2. The highest BCUT2D eigenvalue weighted by Gasteiger charge is 2.44. The van der Waals surface area contributed by atoms with E-state index in [1.807, 2.05) is 76.2 Å². The topological polar surface area (TPSA) is 220 Å². The normalized spacial score (nSPS) is 13.3. The molecule has 20 nitrogen and oxygen atoms in total. The standard InChI is InChI=1S/C66H62N2O18Si2/c1-37-11-19-41(20-12-37)83-49-31-45-55-46(64(72)67(63(45)71)35-53(69)81-27-29-87(75-5,76-6)77-7)33-51(85-43-23-15-39(3)16-24-43)59-60-52(86-44-25-17-40(4)18-26-44)34-48-56-47(65(73)68(66(48)74)36-54(70)82-28-30-88(78-8,79-9)80-10)32-50(58(62(56)60)57(49)61(55)59)84-42-21-13-38(2)14-22-42/h11-26,31-34H,27-30,35-36H2,1-10H3. The quantitative estimate of drug-likeness (QED) is 0.0180. The number of hydrogen-bond donors (Lipinski definition) is 0. The van der Waals surface area contributed by atoms with Crippen molar-refractivity contribution in [1.29, 1.82) is 0 Å². The number of amides is 4. The van der Waals surface area contributed by atoms with E-state index in [0.717, 1.165) is 32.1 Å². The van der Waals surface area contributed by atoms with Crippen LogP contribution in [0, 0.1) is 27.7 Å². The lowest BCUT2D eigenvalue weighted by Gasteiger charge is -2.32. The Balaban J connectivity index is 1.23. The van der Waals surface area contributed by atoms with Crippen LogP contribution in [0.1, 0.15) is 63.7 Å². The molecule has 88 heavy (non-hydrogen) atoms. The third-order valence-corrected chi connectivity index (χ3v) is 21.2. The fourth-order valence-electron chi connectivity index (χ4n) is 11.2. The molecule has 22 heteroatoms. The summed E-state index contributed by atoms with van der Waals surface area (Å²) < 4.78 is 72.3. The molecule has 0 saturated heterocycles. The molecule has 0 bridgehead atoms. The fourth-order valence-corrected chi connectivity index (χ4v) is 14.1. The number of hydrogen-bond acceptors (Lipinski definition) is 18. The van der Waals surface area contributed by atoms with E-state index < -0.39 is 66.3 Å². The number of imide groups is 2. The largest absolute Gasteiger partial charge is 0.503 e. The average Bonchev–Trinajstić information content (AvgIpc) is 0.687. The molecule has 2 aliphatic heterocycles. The van der Waals surface area contributed by atoms with Crippen molar-refractivity contribution < 1.29 is 83.7 Å². The minimum absolute atomic E-state index is 0.0281. The van der Waals surface area contributed by atoms with Gasteiger partial charge in [-0.25, -0.2) is 0 Å². The van der Waals surface area contributed by atoms with Crippen molar-refractivity contribution in [3.63, 3.8) is 0 Å². The van der Waals surface area contributed by atoms with Crippen LogP contribution in [-0.4, -0.2) is 132 Å². The SMILES string of the molecule is CO[Si](CCOC(=O)CN1C(=O)c2cc(Oc3ccc(C)cc3)c3c4c(Oc5ccc(C)cc5)cc5c6c(cc(Oc7ccc(C)cc7)c(c7c(Oc8ccc(C)cc8)cc(c2c37)C1=O)c64)C(=O)N(CC(=O)OCC[Si](OC)(OC)OC)C5=O)(OC)OC. The van der Waals surface area contributed by atoms with E-state index in [4.69, 9.17) is 55.0 Å². The Morgan fingerprint density at radius 3 is 0.784 bits per heavy atom. The summed E-state index contributed by atoms with van der Waals surface area (Å²) in [5.41, 5.74) is 3.59. The molecule has 452 valence electrons. The molecule has 0 aromatic heterocycles. The lowest BCUT2D eigenvalue weighted by molar-refractivity contribution is -0.144. The molecule has 4 amide bonds. The van der Waals surface area contributed by atoms with Crippen LogP contribution in [0.25, 0.3) is 43.1 Å². The maximum absolute atomic E-state index is 15.5. The number of carbonyl (C=O) groups is 6. The number of carbonyl (C=O) groups excluding carboxylic acids is 6. The third-order valence-electron chi connectivity index (χ3n) is 15.8. The summed E-state index contributed by atoms with van der Waals surface area (Å²) in [6.45, 7) is 5.67. The van der Waals surface area contributed by atoms with Gasteiger partial charge in [-0.15, -0.1) is 0 Å². The minimum Gasteiger partial charge on any atom is -0.464 e. The highest BCUT2D eigenvalue weighted by Crippen LogP contribution is 2.58. The molecule has 9 aromatic rings. The van der Waals surface area contributed by atoms with Crippen LogP contribution in [0.2, 0.25) is 12.1 Å². The van der Waals surface area contributed by atoms with Gasteiger partial charge in [0.25, 0.3) is 23.6 Å². The summed E-state index contributed by atoms with van der Waals surface area (Å²) in [6.07, 6.45) is 0. The number of benzene rings is 9. The number of nitrogens with zero attached hydrogens (tertiary/aromatic N) is 2. The molecule has 0 radical (unpaired) electrons. The molecule has 0 spiro atoms. The zero-order chi connectivity index (χ0) is 62.3. The van der Waals surface area contributed by atoms with E-state index in [0.29, 0.717) is 23.0 Å². The first-order valence-corrected chi connectivity index (χ1v) is 31.9. The Labute approximate surface area is 508 Å². The number of fused-ring (bicyclic) bond motifs is 2. The van der Waals surface area contributed by atoms with Crippen LogP contribution in [0.15, 0.2) is 121 Å². The van der Waals surface area contributed by atoms with Crippen LogP contribution in [-0.2, 0) is 45.6 Å². The second kappa shape index (κ2) is 24.6. The maximum atomic E-state index is 15.5. The van der Waals surface area contributed by atoms with Crippen molar-refractivity contribution in [3.8, 4) is 46.0 Å². The highest BCUT2D eigenvalue weighted by atomic mass is 28.4. The zero-order valence-corrected chi connectivity index (χ0v) is 52.0. The van der Waals surface area contributed by atoms with Crippen molar-refractivity contribution in [2.24, 2.45) is 0 Å². The van der Waals surface area contributed by atoms with E-state index in [2.05, 4.69) is 0 Å². The summed E-state index contributed by atoms with van der Waals surface area (Å²) in [4.78, 5) is 91.2. The molecule has 0 N–H and O–H groups in total. The van der Waals surface area contributed by atoms with Crippen molar-refractivity contribution in [3.05, 3.63) is 166 Å². The molecule has 0 aliphatic carbocycles. The second-order valence-corrected chi connectivity index (χ2v) is 27.5. The molecule has 0 unspecified atom stereocenters. The van der Waals surface area contributed by atoms with E-state index in [9.17, 15) is 9.59 Å². The van der Waals surface area contributed by atoms with Crippen LogP contribution in [0.5, 0.6) is 46.0 Å². The molecule has 11 rings (SSSR count). The lowest BCUT2D eigenvalue weighted by atomic mass is 9.80. The van der Waals surface area contributed by atoms with Gasteiger partial charge in [-0.05, 0) is 100 Å². The molecule has 0 saturated carbocycles. The molecule has 2 aliphatic rings. The van der Waals surface area contributed by atoms with Gasteiger partial charge < -0.3 is 55.0 Å². The molecule has 0 atom stereocenters. The Bertz CT molecular complexity index is 3730. The first-order chi connectivity index (χ1) is 42.4. The van der Waals surface area contributed by atoms with E-state index in [-0.39, 0.29) is 114 Å². The molecule has 9 aromatic carbocycles. The van der Waals surface area contributed by atoms with Crippen molar-refractivity contribution >= 4 is 96.3 Å². The van der Waals surface area contributed by atoms with Gasteiger partial charge in [-0.3, -0.25) is 38.6 Å². The van der Waals surface area contributed by atoms with Gasteiger partial charge in [0.2, 0.25) is 0 Å². The van der Waals surface area contributed by atoms with Gasteiger partial charge in [0.15, 0.2) is 0 Å². The highest BCUT2D eigenvalue weighted by molar-refractivity contribution is 6.61. The number of rotatable bonds is 24. The van der Waals surface area contributed by atoms with Crippen LogP contribution in [0.3, 0.4) is 0 Å². The fraction of sp³-hybridized carbons (Fsp3) is 0.242. The summed E-state index contributed by atoms with van der Waals surface area (Å²) in [7, 11) is 2.16. The Kier molecular flexibility index (Phi) is 16.9. The Hall–Kier alpha value is -9.11. The maximum Gasteiger partial charge on any atom is 0.503 e. The summed E-state index contributed by atoms with van der Waals surface area (Å²) in [6, 6.07) is 35.1. The number of ether oxygens (including phenoxy) is 6. The van der Waals surface area contributed by atoms with Crippen LogP contribution in [0.4, 0.5) is 0 Å². The molecule has 0 fully saturated rings.